The second-order valence-electron chi connectivity index (χ2n) is 5.36. The van der Waals surface area contributed by atoms with Crippen molar-refractivity contribution in [3.05, 3.63) is 35.4 Å². The van der Waals surface area contributed by atoms with E-state index in [9.17, 15) is 4.79 Å². The maximum atomic E-state index is 10.9. The van der Waals surface area contributed by atoms with Crippen LogP contribution in [0.15, 0.2) is 24.3 Å². The molecule has 1 unspecified atom stereocenters. The zero-order chi connectivity index (χ0) is 13.8. The third kappa shape index (κ3) is 4.74. The van der Waals surface area contributed by atoms with E-state index in [2.05, 4.69) is 31.1 Å². The minimum Gasteiger partial charge on any atom is -0.370 e. The molecule has 1 atom stereocenters. The van der Waals surface area contributed by atoms with Gasteiger partial charge in [0, 0.05) is 18.0 Å². The summed E-state index contributed by atoms with van der Waals surface area (Å²) in [5.41, 5.74) is 16.2. The number of benzene rings is 1. The molecule has 96 valence electrons. The molecule has 0 saturated heterocycles. The number of rotatable bonds is 3. The van der Waals surface area contributed by atoms with Crippen LogP contribution in [0.25, 0.3) is 0 Å². The quantitative estimate of drug-likeness (QED) is 0.642. The Morgan fingerprint density at radius 3 is 2.50 bits per heavy atom. The average Bonchev–Trinajstić information content (AvgIpc) is 2.25. The van der Waals surface area contributed by atoms with Gasteiger partial charge in [0.1, 0.15) is 8.07 Å². The van der Waals surface area contributed by atoms with Crippen LogP contribution in [-0.4, -0.2) is 14.0 Å². The van der Waals surface area contributed by atoms with Gasteiger partial charge in [-0.3, -0.25) is 4.79 Å². The molecular formula is C14H20N2OSi. The zero-order valence-electron chi connectivity index (χ0n) is 11.2. The van der Waals surface area contributed by atoms with Gasteiger partial charge >= 0.3 is 0 Å². The van der Waals surface area contributed by atoms with E-state index in [1.54, 1.807) is 0 Å². The number of nitrogens with two attached hydrogens (primary N) is 2. The lowest BCUT2D eigenvalue weighted by Gasteiger charge is -2.12. The van der Waals surface area contributed by atoms with Crippen LogP contribution in [-0.2, 0) is 4.79 Å². The molecule has 3 nitrogen and oxygen atoms in total. The number of amides is 1. The summed E-state index contributed by atoms with van der Waals surface area (Å²) in [5, 5.41) is 0. The molecule has 0 radical (unpaired) electrons. The van der Waals surface area contributed by atoms with Crippen LogP contribution in [0.3, 0.4) is 0 Å². The molecule has 4 heteroatoms. The number of primary amides is 1. The van der Waals surface area contributed by atoms with E-state index in [1.807, 2.05) is 24.3 Å². The predicted octanol–water partition coefficient (Wildman–Crippen LogP) is 1.79. The van der Waals surface area contributed by atoms with Gasteiger partial charge in [-0.1, -0.05) is 43.8 Å². The van der Waals surface area contributed by atoms with Gasteiger partial charge in [0.25, 0.3) is 0 Å². The van der Waals surface area contributed by atoms with Crippen LogP contribution in [0.5, 0.6) is 0 Å². The van der Waals surface area contributed by atoms with Crippen molar-refractivity contribution in [2.45, 2.75) is 32.1 Å². The molecule has 0 aliphatic heterocycles. The minimum absolute atomic E-state index is 0.144. The summed E-state index contributed by atoms with van der Waals surface area (Å²) < 4.78 is 0. The predicted molar refractivity (Wildman–Crippen MR) is 77.4 cm³/mol. The monoisotopic (exact) mass is 260 g/mol. The van der Waals surface area contributed by atoms with Crippen molar-refractivity contribution in [3.8, 4) is 11.5 Å². The lowest BCUT2D eigenvalue weighted by Crippen LogP contribution is -2.21. The van der Waals surface area contributed by atoms with Gasteiger partial charge in [-0.25, -0.2) is 0 Å². The number of carbonyl (C=O) groups excluding carboxylic acids is 1. The molecule has 0 saturated carbocycles. The van der Waals surface area contributed by atoms with Crippen molar-refractivity contribution in [2.24, 2.45) is 11.5 Å². The molecule has 1 rings (SSSR count). The van der Waals surface area contributed by atoms with Crippen LogP contribution in [0, 0.1) is 11.5 Å². The fraction of sp³-hybridized carbons (Fsp3) is 0.357. The lowest BCUT2D eigenvalue weighted by atomic mass is 9.99. The van der Waals surface area contributed by atoms with Crippen molar-refractivity contribution in [1.29, 1.82) is 0 Å². The van der Waals surface area contributed by atoms with Gasteiger partial charge in [0.15, 0.2) is 0 Å². The largest absolute Gasteiger partial charge is 0.370 e. The second kappa shape index (κ2) is 5.85. The maximum Gasteiger partial charge on any atom is 0.219 e. The van der Waals surface area contributed by atoms with Crippen LogP contribution < -0.4 is 11.5 Å². The summed E-state index contributed by atoms with van der Waals surface area (Å²) >= 11 is 0. The number of hydrogen-bond acceptors (Lipinski definition) is 2. The van der Waals surface area contributed by atoms with Gasteiger partial charge in [-0.2, -0.15) is 0 Å². The van der Waals surface area contributed by atoms with Crippen molar-refractivity contribution in [1.82, 2.24) is 0 Å². The van der Waals surface area contributed by atoms with Crippen molar-refractivity contribution in [3.63, 3.8) is 0 Å². The normalized spacial score (nSPS) is 12.4. The fourth-order valence-corrected chi connectivity index (χ4v) is 2.03. The highest BCUT2D eigenvalue weighted by atomic mass is 28.3. The molecule has 1 aromatic carbocycles. The Morgan fingerprint density at radius 1 is 1.33 bits per heavy atom. The van der Waals surface area contributed by atoms with Gasteiger partial charge in [0.2, 0.25) is 5.91 Å². The highest BCUT2D eigenvalue weighted by Crippen LogP contribution is 2.18. The second-order valence-corrected chi connectivity index (χ2v) is 10.1. The highest BCUT2D eigenvalue weighted by Gasteiger charge is 2.13. The number of carbonyl (C=O) groups is 1. The summed E-state index contributed by atoms with van der Waals surface area (Å²) in [4.78, 5) is 10.9. The third-order valence-electron chi connectivity index (χ3n) is 2.35. The van der Waals surface area contributed by atoms with Gasteiger partial charge < -0.3 is 11.5 Å². The Bertz CT molecular complexity index is 494. The number of hydrogen-bond donors (Lipinski definition) is 2. The molecule has 1 aromatic rings. The van der Waals surface area contributed by atoms with Crippen LogP contribution >= 0.6 is 0 Å². The van der Waals surface area contributed by atoms with Crippen LogP contribution in [0.1, 0.15) is 23.6 Å². The van der Waals surface area contributed by atoms with Gasteiger partial charge in [-0.05, 0) is 11.6 Å². The van der Waals surface area contributed by atoms with E-state index >= 15 is 0 Å². The topological polar surface area (TPSA) is 69.1 Å². The van der Waals surface area contributed by atoms with E-state index in [0.717, 1.165) is 11.1 Å². The fourth-order valence-electron chi connectivity index (χ4n) is 1.52. The summed E-state index contributed by atoms with van der Waals surface area (Å²) in [6.07, 6.45) is 0.144. The van der Waals surface area contributed by atoms with E-state index in [0.29, 0.717) is 0 Å². The minimum atomic E-state index is -1.42. The Labute approximate surface area is 110 Å². The average molecular weight is 260 g/mol. The molecule has 0 fully saturated rings. The van der Waals surface area contributed by atoms with E-state index in [1.165, 1.54) is 0 Å². The third-order valence-corrected chi connectivity index (χ3v) is 3.23. The van der Waals surface area contributed by atoms with Crippen LogP contribution in [0.4, 0.5) is 0 Å². The van der Waals surface area contributed by atoms with Crippen molar-refractivity contribution < 1.29 is 4.79 Å². The Kier molecular flexibility index (Phi) is 4.71. The van der Waals surface area contributed by atoms with Gasteiger partial charge in [-0.15, -0.1) is 5.54 Å². The molecule has 0 bridgehead atoms. The van der Waals surface area contributed by atoms with Gasteiger partial charge in [0.05, 0.1) is 0 Å². The zero-order valence-corrected chi connectivity index (χ0v) is 12.2. The molecule has 4 N–H and O–H groups in total. The highest BCUT2D eigenvalue weighted by molar-refractivity contribution is 6.83. The summed E-state index contributed by atoms with van der Waals surface area (Å²) in [5.74, 6) is 2.79. The lowest BCUT2D eigenvalue weighted by molar-refractivity contribution is -0.118. The molecule has 0 aliphatic carbocycles. The molecule has 0 heterocycles. The SMILES string of the molecule is C[Si](C)(C)C#Cc1ccccc1C(N)CC(N)=O. The Hall–Kier alpha value is -1.57. The first-order valence-corrected chi connectivity index (χ1v) is 9.45. The van der Waals surface area contributed by atoms with E-state index < -0.39 is 14.0 Å². The van der Waals surface area contributed by atoms with Crippen molar-refractivity contribution in [2.75, 3.05) is 0 Å². The smallest absolute Gasteiger partial charge is 0.219 e. The summed E-state index contributed by atoms with van der Waals surface area (Å²) in [6, 6.07) is 7.28. The van der Waals surface area contributed by atoms with E-state index in [4.69, 9.17) is 11.5 Å². The summed E-state index contributed by atoms with van der Waals surface area (Å²) in [6.45, 7) is 6.56. The molecule has 0 aliphatic rings. The molecular weight excluding hydrogens is 240 g/mol. The van der Waals surface area contributed by atoms with E-state index in [-0.39, 0.29) is 12.5 Å². The Morgan fingerprint density at radius 2 is 1.94 bits per heavy atom. The first-order valence-electron chi connectivity index (χ1n) is 5.95. The van der Waals surface area contributed by atoms with Crippen molar-refractivity contribution >= 4 is 14.0 Å². The standard InChI is InChI=1S/C14H20N2OSi/c1-18(2,3)9-8-11-6-4-5-7-12(11)13(15)10-14(16)17/h4-7,13H,10,15H2,1-3H3,(H2,16,17). The molecule has 0 aromatic heterocycles. The summed E-state index contributed by atoms with van der Waals surface area (Å²) in [7, 11) is -1.42. The first-order chi connectivity index (χ1) is 8.29. The molecule has 18 heavy (non-hydrogen) atoms. The van der Waals surface area contributed by atoms with Crippen LogP contribution in [0.2, 0.25) is 19.6 Å². The first kappa shape index (κ1) is 14.5. The maximum absolute atomic E-state index is 10.9. The Balaban J connectivity index is 3.06. The molecule has 0 spiro atoms. The molecule has 1 amide bonds.